The van der Waals surface area contributed by atoms with E-state index in [1.54, 1.807) is 0 Å². The molecule has 2 aliphatic carbocycles. The van der Waals surface area contributed by atoms with Crippen LogP contribution in [0.5, 0.6) is 0 Å². The van der Waals surface area contributed by atoms with Crippen LogP contribution < -0.4 is 0 Å². The lowest BCUT2D eigenvalue weighted by Gasteiger charge is -2.30. The van der Waals surface area contributed by atoms with Crippen molar-refractivity contribution in [1.82, 2.24) is 0 Å². The molecule has 0 heteroatoms. The van der Waals surface area contributed by atoms with Gasteiger partial charge in [0, 0.05) is 5.41 Å². The van der Waals surface area contributed by atoms with Crippen molar-refractivity contribution in [2.75, 3.05) is 0 Å². The zero-order valence-electron chi connectivity index (χ0n) is 7.88. The summed E-state index contributed by atoms with van der Waals surface area (Å²) in [4.78, 5) is 0. The fourth-order valence-corrected chi connectivity index (χ4v) is 2.72. The van der Waals surface area contributed by atoms with E-state index in [-0.39, 0.29) is 5.41 Å². The molecule has 0 aromatic rings. The Hall–Kier alpha value is -0.700. The van der Waals surface area contributed by atoms with Crippen LogP contribution in [-0.2, 0) is 0 Å². The van der Waals surface area contributed by atoms with Gasteiger partial charge in [-0.25, -0.2) is 0 Å². The summed E-state index contributed by atoms with van der Waals surface area (Å²) in [6.07, 6.45) is 13.0. The summed E-state index contributed by atoms with van der Waals surface area (Å²) in [5.74, 6) is 5.29. The molecule has 0 amide bonds. The van der Waals surface area contributed by atoms with E-state index in [1.165, 1.54) is 12.8 Å². The molecule has 2 bridgehead atoms. The molecule has 2 aliphatic rings. The van der Waals surface area contributed by atoms with E-state index in [0.29, 0.717) is 0 Å². The first kappa shape index (κ1) is 7.92. The SMILES string of the molecule is C#CC(C)(C)C1CC2C=CC1C2. The summed E-state index contributed by atoms with van der Waals surface area (Å²) in [6.45, 7) is 4.40. The summed E-state index contributed by atoms with van der Waals surface area (Å²) in [6, 6.07) is 0. The largest absolute Gasteiger partial charge is 0.120 e. The molecular weight excluding hydrogens is 144 g/mol. The van der Waals surface area contributed by atoms with Gasteiger partial charge >= 0.3 is 0 Å². The second kappa shape index (κ2) is 2.39. The summed E-state index contributed by atoms with van der Waals surface area (Å²) >= 11 is 0. The van der Waals surface area contributed by atoms with Crippen molar-refractivity contribution in [2.45, 2.75) is 26.7 Å². The fourth-order valence-electron chi connectivity index (χ4n) is 2.72. The maximum atomic E-state index is 5.54. The van der Waals surface area contributed by atoms with E-state index in [4.69, 9.17) is 6.42 Å². The van der Waals surface area contributed by atoms with Gasteiger partial charge in [-0.05, 0) is 44.4 Å². The Balaban J connectivity index is 2.19. The predicted molar refractivity (Wildman–Crippen MR) is 51.5 cm³/mol. The Morgan fingerprint density at radius 2 is 2.08 bits per heavy atom. The van der Waals surface area contributed by atoms with Crippen molar-refractivity contribution in [3.05, 3.63) is 12.2 Å². The van der Waals surface area contributed by atoms with Crippen LogP contribution in [0, 0.1) is 35.5 Å². The van der Waals surface area contributed by atoms with Gasteiger partial charge in [-0.3, -0.25) is 0 Å². The van der Waals surface area contributed by atoms with Crippen molar-refractivity contribution in [1.29, 1.82) is 0 Å². The van der Waals surface area contributed by atoms with E-state index < -0.39 is 0 Å². The monoisotopic (exact) mass is 160 g/mol. The molecule has 12 heavy (non-hydrogen) atoms. The molecule has 2 rings (SSSR count). The van der Waals surface area contributed by atoms with Crippen LogP contribution in [0.2, 0.25) is 0 Å². The molecule has 0 heterocycles. The van der Waals surface area contributed by atoms with Crippen molar-refractivity contribution >= 4 is 0 Å². The summed E-state index contributed by atoms with van der Waals surface area (Å²) in [5, 5.41) is 0. The molecule has 0 aliphatic heterocycles. The summed E-state index contributed by atoms with van der Waals surface area (Å²) in [5.41, 5.74) is 0.101. The second-order valence-corrected chi connectivity index (χ2v) is 4.75. The first-order chi connectivity index (χ1) is 5.63. The molecule has 0 aromatic carbocycles. The average molecular weight is 160 g/mol. The number of fused-ring (bicyclic) bond motifs is 2. The Kier molecular flexibility index (Phi) is 1.58. The molecule has 0 spiro atoms. The van der Waals surface area contributed by atoms with Crippen molar-refractivity contribution in [3.63, 3.8) is 0 Å². The van der Waals surface area contributed by atoms with Crippen LogP contribution in [0.15, 0.2) is 12.2 Å². The van der Waals surface area contributed by atoms with Crippen molar-refractivity contribution in [3.8, 4) is 12.3 Å². The van der Waals surface area contributed by atoms with Gasteiger partial charge in [0.15, 0.2) is 0 Å². The smallest absolute Gasteiger partial charge is 0.0289 e. The van der Waals surface area contributed by atoms with Crippen LogP contribution in [-0.4, -0.2) is 0 Å². The highest BCUT2D eigenvalue weighted by atomic mass is 14.5. The van der Waals surface area contributed by atoms with Crippen LogP contribution in [0.1, 0.15) is 26.7 Å². The topological polar surface area (TPSA) is 0 Å². The third-order valence-corrected chi connectivity index (χ3v) is 3.58. The lowest BCUT2D eigenvalue weighted by molar-refractivity contribution is 0.254. The normalized spacial score (nSPS) is 38.6. The van der Waals surface area contributed by atoms with Gasteiger partial charge in [0.25, 0.3) is 0 Å². The number of terminal acetylenes is 1. The van der Waals surface area contributed by atoms with Gasteiger partial charge in [0.2, 0.25) is 0 Å². The van der Waals surface area contributed by atoms with Gasteiger partial charge < -0.3 is 0 Å². The van der Waals surface area contributed by atoms with Gasteiger partial charge in [-0.1, -0.05) is 12.2 Å². The van der Waals surface area contributed by atoms with E-state index in [2.05, 4.69) is 31.9 Å². The highest BCUT2D eigenvalue weighted by molar-refractivity contribution is 5.17. The van der Waals surface area contributed by atoms with E-state index in [1.807, 2.05) is 0 Å². The average Bonchev–Trinajstić information content (AvgIpc) is 2.64. The van der Waals surface area contributed by atoms with E-state index >= 15 is 0 Å². The molecule has 64 valence electrons. The molecule has 0 radical (unpaired) electrons. The Morgan fingerprint density at radius 1 is 1.33 bits per heavy atom. The minimum atomic E-state index is 0.101. The standard InChI is InChI=1S/C12H16/c1-4-12(2,3)11-8-9-5-6-10(11)7-9/h1,5-6,9-11H,7-8H2,2-3H3. The number of rotatable bonds is 1. The Labute approximate surface area is 75.1 Å². The van der Waals surface area contributed by atoms with E-state index in [9.17, 15) is 0 Å². The van der Waals surface area contributed by atoms with Crippen LogP contribution in [0.4, 0.5) is 0 Å². The Bertz CT molecular complexity index is 252. The first-order valence-electron chi connectivity index (χ1n) is 4.79. The molecule has 0 aromatic heterocycles. The first-order valence-corrected chi connectivity index (χ1v) is 4.79. The Morgan fingerprint density at radius 3 is 2.50 bits per heavy atom. The van der Waals surface area contributed by atoms with Gasteiger partial charge in [0.1, 0.15) is 0 Å². The zero-order chi connectivity index (χ0) is 8.77. The third kappa shape index (κ3) is 1.00. The molecule has 1 saturated carbocycles. The molecular formula is C12H16. The molecule has 0 N–H and O–H groups in total. The summed E-state index contributed by atoms with van der Waals surface area (Å²) in [7, 11) is 0. The lowest BCUT2D eigenvalue weighted by atomic mass is 9.73. The number of hydrogen-bond acceptors (Lipinski definition) is 0. The zero-order valence-corrected chi connectivity index (χ0v) is 7.88. The molecule has 3 unspecified atom stereocenters. The highest BCUT2D eigenvalue weighted by Crippen LogP contribution is 2.50. The molecule has 0 nitrogen and oxygen atoms in total. The van der Waals surface area contributed by atoms with Crippen LogP contribution >= 0.6 is 0 Å². The molecule has 0 saturated heterocycles. The fraction of sp³-hybridized carbons (Fsp3) is 0.667. The van der Waals surface area contributed by atoms with Gasteiger partial charge in [0.05, 0.1) is 0 Å². The number of allylic oxidation sites excluding steroid dienone is 2. The molecule has 1 fully saturated rings. The van der Waals surface area contributed by atoms with Crippen LogP contribution in [0.25, 0.3) is 0 Å². The quantitative estimate of drug-likeness (QED) is 0.409. The van der Waals surface area contributed by atoms with E-state index in [0.717, 1.165) is 17.8 Å². The highest BCUT2D eigenvalue weighted by Gasteiger charge is 2.42. The lowest BCUT2D eigenvalue weighted by Crippen LogP contribution is -2.25. The minimum absolute atomic E-state index is 0.101. The maximum absolute atomic E-state index is 5.54. The van der Waals surface area contributed by atoms with Crippen molar-refractivity contribution < 1.29 is 0 Å². The van der Waals surface area contributed by atoms with Crippen molar-refractivity contribution in [2.24, 2.45) is 23.2 Å². The minimum Gasteiger partial charge on any atom is -0.120 e. The second-order valence-electron chi connectivity index (χ2n) is 4.75. The van der Waals surface area contributed by atoms with Crippen LogP contribution in [0.3, 0.4) is 0 Å². The number of hydrogen-bond donors (Lipinski definition) is 0. The van der Waals surface area contributed by atoms with Gasteiger partial charge in [-0.2, -0.15) is 0 Å². The molecule has 3 atom stereocenters. The maximum Gasteiger partial charge on any atom is 0.0289 e. The third-order valence-electron chi connectivity index (χ3n) is 3.58. The predicted octanol–water partition coefficient (Wildman–Crippen LogP) is 2.86. The summed E-state index contributed by atoms with van der Waals surface area (Å²) < 4.78 is 0. The van der Waals surface area contributed by atoms with Gasteiger partial charge in [-0.15, -0.1) is 12.3 Å².